The molecule has 0 bridgehead atoms. The van der Waals surface area contributed by atoms with Gasteiger partial charge in [-0.15, -0.1) is 0 Å². The summed E-state index contributed by atoms with van der Waals surface area (Å²) in [6, 6.07) is 6.52. The first-order valence-electron chi connectivity index (χ1n) is 11.2. The minimum atomic E-state index is -0.492. The Hall–Kier alpha value is -2.28. The molecule has 1 fully saturated rings. The van der Waals surface area contributed by atoms with Gasteiger partial charge < -0.3 is 19.7 Å². The van der Waals surface area contributed by atoms with Gasteiger partial charge in [-0.1, -0.05) is 18.2 Å². The summed E-state index contributed by atoms with van der Waals surface area (Å²) >= 11 is 0. The van der Waals surface area contributed by atoms with Crippen LogP contribution in [0.4, 0.5) is 9.59 Å². The number of carbonyl (C=O) groups excluding carboxylic acids is 2. The Bertz CT molecular complexity index is 810. The van der Waals surface area contributed by atoms with Crippen LogP contribution in [0.2, 0.25) is 0 Å². The Morgan fingerprint density at radius 1 is 1.00 bits per heavy atom. The zero-order chi connectivity index (χ0) is 22.8. The quantitative estimate of drug-likeness (QED) is 0.764. The van der Waals surface area contributed by atoms with Gasteiger partial charge >= 0.3 is 12.2 Å². The van der Waals surface area contributed by atoms with E-state index in [0.717, 1.165) is 32.5 Å². The maximum absolute atomic E-state index is 12.4. The molecule has 7 heteroatoms. The summed E-state index contributed by atoms with van der Waals surface area (Å²) in [6.07, 6.45) is 1.50. The Morgan fingerprint density at radius 3 is 2.32 bits per heavy atom. The summed E-state index contributed by atoms with van der Waals surface area (Å²) in [5, 5.41) is 3.49. The van der Waals surface area contributed by atoms with Gasteiger partial charge in [0.1, 0.15) is 11.2 Å². The third-order valence-electron chi connectivity index (χ3n) is 5.36. The molecule has 0 spiro atoms. The molecule has 0 aliphatic carbocycles. The van der Waals surface area contributed by atoms with Crippen molar-refractivity contribution in [2.24, 2.45) is 0 Å². The van der Waals surface area contributed by atoms with Gasteiger partial charge in [0.2, 0.25) is 0 Å². The lowest BCUT2D eigenvalue weighted by Gasteiger charge is -2.28. The summed E-state index contributed by atoms with van der Waals surface area (Å²) in [7, 11) is 0. The van der Waals surface area contributed by atoms with Crippen LogP contribution in [-0.4, -0.2) is 52.3 Å². The normalized spacial score (nSPS) is 18.8. The van der Waals surface area contributed by atoms with E-state index < -0.39 is 11.2 Å². The van der Waals surface area contributed by atoms with Crippen LogP contribution in [-0.2, 0) is 29.1 Å². The van der Waals surface area contributed by atoms with Gasteiger partial charge in [0.05, 0.1) is 0 Å². The number of amides is 2. The Balaban J connectivity index is 1.50. The van der Waals surface area contributed by atoms with Crippen molar-refractivity contribution in [3.05, 3.63) is 34.9 Å². The standard InChI is InChI=1S/C24H37N3O4/c1-23(2,3)30-21(28)26-15-18-10-9-17(12-19(18)16-26)13-25-14-20-8-7-11-27(20)22(29)31-24(4,5)6/h9-10,12,20,25H,7-8,11,13-16H2,1-6H3. The molecule has 2 aliphatic heterocycles. The number of ether oxygens (including phenoxy) is 2. The molecule has 1 aromatic rings. The number of hydrogen-bond acceptors (Lipinski definition) is 5. The molecule has 1 atom stereocenters. The number of carbonyl (C=O) groups is 2. The maximum atomic E-state index is 12.4. The second-order valence-electron chi connectivity index (χ2n) is 10.5. The highest BCUT2D eigenvalue weighted by Crippen LogP contribution is 2.26. The lowest BCUT2D eigenvalue weighted by Crippen LogP contribution is -2.44. The number of benzene rings is 1. The van der Waals surface area contributed by atoms with Crippen molar-refractivity contribution in [3.63, 3.8) is 0 Å². The van der Waals surface area contributed by atoms with Crippen LogP contribution in [0.1, 0.15) is 71.1 Å². The van der Waals surface area contributed by atoms with E-state index in [4.69, 9.17) is 9.47 Å². The Kier molecular flexibility index (Phi) is 6.84. The van der Waals surface area contributed by atoms with Gasteiger partial charge in [-0.2, -0.15) is 0 Å². The Morgan fingerprint density at radius 2 is 1.65 bits per heavy atom. The molecule has 1 saturated heterocycles. The topological polar surface area (TPSA) is 71.1 Å². The van der Waals surface area contributed by atoms with E-state index >= 15 is 0 Å². The van der Waals surface area contributed by atoms with Gasteiger partial charge in [-0.25, -0.2) is 9.59 Å². The SMILES string of the molecule is CC(C)(C)OC(=O)N1Cc2ccc(CNCC3CCCN3C(=O)OC(C)(C)C)cc2C1. The first kappa shape index (κ1) is 23.4. The third kappa shape index (κ3) is 6.60. The Labute approximate surface area is 186 Å². The highest BCUT2D eigenvalue weighted by Gasteiger charge is 2.32. The molecule has 7 nitrogen and oxygen atoms in total. The molecule has 2 aliphatic rings. The molecule has 31 heavy (non-hydrogen) atoms. The summed E-state index contributed by atoms with van der Waals surface area (Å²) in [5.41, 5.74) is 2.54. The van der Waals surface area contributed by atoms with Crippen LogP contribution < -0.4 is 5.32 Å². The molecule has 1 N–H and O–H groups in total. The predicted molar refractivity (Wildman–Crippen MR) is 120 cm³/mol. The van der Waals surface area contributed by atoms with Gasteiger partial charge in [0.15, 0.2) is 0 Å². The predicted octanol–water partition coefficient (Wildman–Crippen LogP) is 4.43. The monoisotopic (exact) mass is 431 g/mol. The van der Waals surface area contributed by atoms with Crippen LogP contribution >= 0.6 is 0 Å². The fourth-order valence-electron chi connectivity index (χ4n) is 4.01. The number of rotatable bonds is 4. The van der Waals surface area contributed by atoms with E-state index in [1.165, 1.54) is 16.7 Å². The van der Waals surface area contributed by atoms with E-state index in [1.54, 1.807) is 4.90 Å². The summed E-state index contributed by atoms with van der Waals surface area (Å²) < 4.78 is 11.0. The van der Waals surface area contributed by atoms with Crippen LogP contribution in [0.5, 0.6) is 0 Å². The van der Waals surface area contributed by atoms with Crippen molar-refractivity contribution >= 4 is 12.2 Å². The van der Waals surface area contributed by atoms with Crippen LogP contribution in [0, 0.1) is 0 Å². The van der Waals surface area contributed by atoms with Gasteiger partial charge in [-0.05, 0) is 71.1 Å². The van der Waals surface area contributed by atoms with E-state index in [9.17, 15) is 9.59 Å². The summed E-state index contributed by atoms with van der Waals surface area (Å²) in [6.45, 7) is 14.7. The largest absolute Gasteiger partial charge is 0.444 e. The molecule has 2 amide bonds. The van der Waals surface area contributed by atoms with Gasteiger partial charge in [-0.3, -0.25) is 4.90 Å². The summed E-state index contributed by atoms with van der Waals surface area (Å²) in [4.78, 5) is 28.4. The minimum absolute atomic E-state index is 0.159. The first-order valence-corrected chi connectivity index (χ1v) is 11.2. The molecular weight excluding hydrogens is 394 g/mol. The van der Waals surface area contributed by atoms with E-state index in [0.29, 0.717) is 13.1 Å². The van der Waals surface area contributed by atoms with Crippen molar-refractivity contribution in [1.29, 1.82) is 0 Å². The van der Waals surface area contributed by atoms with Crippen LogP contribution in [0.25, 0.3) is 0 Å². The summed E-state index contributed by atoms with van der Waals surface area (Å²) in [5.74, 6) is 0. The minimum Gasteiger partial charge on any atom is -0.444 e. The fraction of sp³-hybridized carbons (Fsp3) is 0.667. The maximum Gasteiger partial charge on any atom is 0.410 e. The number of nitrogens with zero attached hydrogens (tertiary/aromatic N) is 2. The smallest absolute Gasteiger partial charge is 0.410 e. The molecule has 0 aromatic heterocycles. The van der Waals surface area contributed by atoms with Crippen molar-refractivity contribution in [1.82, 2.24) is 15.1 Å². The van der Waals surface area contributed by atoms with Crippen LogP contribution in [0.15, 0.2) is 18.2 Å². The second-order valence-corrected chi connectivity index (χ2v) is 10.5. The van der Waals surface area contributed by atoms with E-state index in [1.807, 2.05) is 46.4 Å². The average molecular weight is 432 g/mol. The van der Waals surface area contributed by atoms with Gasteiger partial charge in [0.25, 0.3) is 0 Å². The number of likely N-dealkylation sites (tertiary alicyclic amines) is 1. The molecular formula is C24H37N3O4. The molecule has 0 radical (unpaired) electrons. The number of nitrogens with one attached hydrogen (secondary N) is 1. The van der Waals surface area contributed by atoms with Crippen molar-refractivity contribution < 1.29 is 19.1 Å². The highest BCUT2D eigenvalue weighted by molar-refractivity contribution is 5.69. The molecule has 172 valence electrons. The molecule has 1 unspecified atom stereocenters. The van der Waals surface area contributed by atoms with Crippen molar-refractivity contribution in [2.75, 3.05) is 13.1 Å². The third-order valence-corrected chi connectivity index (χ3v) is 5.36. The molecule has 0 saturated carbocycles. The number of fused-ring (bicyclic) bond motifs is 1. The molecule has 1 aromatic carbocycles. The highest BCUT2D eigenvalue weighted by atomic mass is 16.6. The molecule has 2 heterocycles. The fourth-order valence-corrected chi connectivity index (χ4v) is 4.01. The molecule has 3 rings (SSSR count). The zero-order valence-corrected chi connectivity index (χ0v) is 19.8. The van der Waals surface area contributed by atoms with Crippen molar-refractivity contribution in [2.45, 2.75) is 91.3 Å². The lowest BCUT2D eigenvalue weighted by atomic mass is 10.1. The van der Waals surface area contributed by atoms with E-state index in [2.05, 4.69) is 23.5 Å². The zero-order valence-electron chi connectivity index (χ0n) is 19.8. The van der Waals surface area contributed by atoms with Crippen LogP contribution in [0.3, 0.4) is 0 Å². The lowest BCUT2D eigenvalue weighted by molar-refractivity contribution is 0.0221. The van der Waals surface area contributed by atoms with Gasteiger partial charge in [0, 0.05) is 38.8 Å². The second kappa shape index (κ2) is 9.07. The van der Waals surface area contributed by atoms with E-state index in [-0.39, 0.29) is 18.2 Å². The average Bonchev–Trinajstić information content (AvgIpc) is 3.25. The first-order chi connectivity index (χ1) is 14.4. The van der Waals surface area contributed by atoms with Crippen molar-refractivity contribution in [3.8, 4) is 0 Å². The number of hydrogen-bond donors (Lipinski definition) is 1.